The predicted molar refractivity (Wildman–Crippen MR) is 189 cm³/mol. The third kappa shape index (κ3) is 9.04. The van der Waals surface area contributed by atoms with Crippen molar-refractivity contribution in [2.24, 2.45) is 0 Å². The van der Waals surface area contributed by atoms with Gasteiger partial charge in [-0.15, -0.1) is 0 Å². The molecule has 2 saturated heterocycles. The Morgan fingerprint density at radius 3 is 2.31 bits per heavy atom. The summed E-state index contributed by atoms with van der Waals surface area (Å²) in [7, 11) is 0. The minimum absolute atomic E-state index is 0.00313. The second kappa shape index (κ2) is 16.4. The molecule has 14 heteroatoms. The molecule has 2 atom stereocenters. The lowest BCUT2D eigenvalue weighted by Crippen LogP contribution is -2.35. The molecule has 5 N–H and O–H groups in total. The van der Waals surface area contributed by atoms with Crippen LogP contribution in [0.3, 0.4) is 0 Å². The predicted octanol–water partition coefficient (Wildman–Crippen LogP) is 5.36. The molecule has 2 aromatic heterocycles. The molecule has 2 aliphatic rings. The molecule has 6 rings (SSSR count). The van der Waals surface area contributed by atoms with Crippen molar-refractivity contribution >= 4 is 35.0 Å². The minimum atomic E-state index is -3.04. The number of benzene rings is 2. The van der Waals surface area contributed by atoms with Gasteiger partial charge in [-0.25, -0.2) is 0 Å². The number of alkyl halides is 2. The number of aromatic nitrogens is 2. The zero-order valence-electron chi connectivity index (χ0n) is 27.9. The van der Waals surface area contributed by atoms with Crippen molar-refractivity contribution in [3.8, 4) is 28.1 Å². The number of anilines is 1. The number of amides is 3. The van der Waals surface area contributed by atoms with Gasteiger partial charge in [0.05, 0.1) is 10.7 Å². The molecule has 2 fully saturated rings. The Bertz CT molecular complexity index is 1910. The van der Waals surface area contributed by atoms with Crippen LogP contribution in [0.2, 0.25) is 5.02 Å². The van der Waals surface area contributed by atoms with Crippen molar-refractivity contribution < 1.29 is 27.9 Å². The standard InChI is InChI=1S/C37H38ClF2N7O4/c1-21-27(3-2-4-29(21)47-36(50)30-10-5-22(17-44-30)16-41-19-25-8-11-32(48)45-25)28-13-14-43-35(34(28)38)23-6-7-24(31(15-23)51-37(39)40)18-42-20-26-9-12-33(49)46-26/h2-7,10,13-15,17,25-26,37,41-42H,8-9,11-12,16,18-20H2,1H3,(H,45,48)(H,46,49)(H,47,50)/t25-,26+/m0/s1. The number of rotatable bonds is 14. The third-order valence-electron chi connectivity index (χ3n) is 8.97. The zero-order valence-corrected chi connectivity index (χ0v) is 28.7. The first kappa shape index (κ1) is 35.8. The summed E-state index contributed by atoms with van der Waals surface area (Å²) in [5, 5.41) is 15.6. The summed E-state index contributed by atoms with van der Waals surface area (Å²) >= 11 is 6.94. The average molecular weight is 718 g/mol. The normalized spacial score (nSPS) is 17.0. The number of halogens is 3. The van der Waals surface area contributed by atoms with Crippen LogP contribution < -0.4 is 31.3 Å². The molecule has 0 bridgehead atoms. The number of carbonyl (C=O) groups excluding carboxylic acids is 3. The van der Waals surface area contributed by atoms with Crippen LogP contribution in [0.1, 0.15) is 52.9 Å². The van der Waals surface area contributed by atoms with E-state index in [2.05, 4.69) is 36.6 Å². The fourth-order valence-electron chi connectivity index (χ4n) is 6.25. The van der Waals surface area contributed by atoms with Crippen LogP contribution in [0.25, 0.3) is 22.4 Å². The van der Waals surface area contributed by atoms with Crippen LogP contribution in [0, 0.1) is 6.92 Å². The van der Waals surface area contributed by atoms with Gasteiger partial charge in [0.25, 0.3) is 5.91 Å². The van der Waals surface area contributed by atoms with Gasteiger partial charge in [0, 0.05) is 85.9 Å². The Morgan fingerprint density at radius 2 is 1.67 bits per heavy atom. The molecular formula is C37H38ClF2N7O4. The Balaban J connectivity index is 1.14. The van der Waals surface area contributed by atoms with Gasteiger partial charge in [0.15, 0.2) is 0 Å². The third-order valence-corrected chi connectivity index (χ3v) is 9.35. The maximum atomic E-state index is 13.4. The first-order valence-corrected chi connectivity index (χ1v) is 17.1. The number of hydrogen-bond acceptors (Lipinski definition) is 8. The molecule has 0 unspecified atom stereocenters. The monoisotopic (exact) mass is 717 g/mol. The van der Waals surface area contributed by atoms with E-state index in [1.54, 1.807) is 48.8 Å². The quantitative estimate of drug-likeness (QED) is 0.117. The molecule has 2 aromatic carbocycles. The van der Waals surface area contributed by atoms with E-state index in [4.69, 9.17) is 16.3 Å². The summed E-state index contributed by atoms with van der Waals surface area (Å²) < 4.78 is 31.7. The summed E-state index contributed by atoms with van der Waals surface area (Å²) in [5.41, 5.74) is 5.26. The number of pyridine rings is 2. The fourth-order valence-corrected chi connectivity index (χ4v) is 6.57. The highest BCUT2D eigenvalue weighted by molar-refractivity contribution is 6.35. The Kier molecular flexibility index (Phi) is 11.5. The molecular weight excluding hydrogens is 680 g/mol. The molecule has 0 saturated carbocycles. The van der Waals surface area contributed by atoms with E-state index in [1.807, 2.05) is 19.1 Å². The Morgan fingerprint density at radius 1 is 0.941 bits per heavy atom. The number of nitrogens with zero attached hydrogens (tertiary/aromatic N) is 2. The van der Waals surface area contributed by atoms with Gasteiger partial charge in [0.2, 0.25) is 11.8 Å². The topological polar surface area (TPSA) is 146 Å². The molecule has 266 valence electrons. The van der Waals surface area contributed by atoms with Gasteiger partial charge in [0.1, 0.15) is 11.4 Å². The maximum absolute atomic E-state index is 13.4. The van der Waals surface area contributed by atoms with Gasteiger partial charge in [-0.1, -0.05) is 41.9 Å². The second-order valence-corrected chi connectivity index (χ2v) is 13.0. The van der Waals surface area contributed by atoms with Crippen molar-refractivity contribution in [2.45, 2.75) is 64.4 Å². The highest BCUT2D eigenvalue weighted by Gasteiger charge is 2.22. The van der Waals surface area contributed by atoms with Crippen molar-refractivity contribution in [2.75, 3.05) is 18.4 Å². The molecule has 51 heavy (non-hydrogen) atoms. The van der Waals surface area contributed by atoms with E-state index in [1.165, 1.54) is 6.07 Å². The van der Waals surface area contributed by atoms with Crippen molar-refractivity contribution in [3.63, 3.8) is 0 Å². The van der Waals surface area contributed by atoms with Crippen molar-refractivity contribution in [1.29, 1.82) is 0 Å². The summed E-state index contributed by atoms with van der Waals surface area (Å²) in [6.07, 6.45) is 5.80. The second-order valence-electron chi connectivity index (χ2n) is 12.6. The molecule has 0 spiro atoms. The van der Waals surface area contributed by atoms with Crippen LogP contribution in [0.5, 0.6) is 5.75 Å². The maximum Gasteiger partial charge on any atom is 0.387 e. The summed E-state index contributed by atoms with van der Waals surface area (Å²) in [6, 6.07) is 15.8. The lowest BCUT2D eigenvalue weighted by molar-refractivity contribution is -0.120. The molecule has 0 aliphatic carbocycles. The molecule has 0 radical (unpaired) electrons. The van der Waals surface area contributed by atoms with E-state index < -0.39 is 6.61 Å². The van der Waals surface area contributed by atoms with E-state index in [0.717, 1.165) is 29.5 Å². The first-order chi connectivity index (χ1) is 24.6. The first-order valence-electron chi connectivity index (χ1n) is 16.7. The van der Waals surface area contributed by atoms with Gasteiger partial charge < -0.3 is 31.3 Å². The van der Waals surface area contributed by atoms with Gasteiger partial charge >= 0.3 is 6.61 Å². The summed E-state index contributed by atoms with van der Waals surface area (Å²) in [5.74, 6) is -0.305. The minimum Gasteiger partial charge on any atom is -0.434 e. The number of hydrogen-bond donors (Lipinski definition) is 5. The average Bonchev–Trinajstić information content (AvgIpc) is 3.73. The largest absolute Gasteiger partial charge is 0.434 e. The highest BCUT2D eigenvalue weighted by Crippen LogP contribution is 2.39. The van der Waals surface area contributed by atoms with E-state index in [-0.39, 0.29) is 47.8 Å². The lowest BCUT2D eigenvalue weighted by atomic mass is 9.97. The van der Waals surface area contributed by atoms with E-state index in [0.29, 0.717) is 65.6 Å². The van der Waals surface area contributed by atoms with E-state index >= 15 is 0 Å². The van der Waals surface area contributed by atoms with Gasteiger partial charge in [-0.05, 0) is 60.7 Å². The van der Waals surface area contributed by atoms with Gasteiger partial charge in [-0.3, -0.25) is 24.4 Å². The van der Waals surface area contributed by atoms with Crippen molar-refractivity contribution in [1.82, 2.24) is 31.2 Å². The molecule has 3 amide bonds. The van der Waals surface area contributed by atoms with Crippen LogP contribution in [-0.2, 0) is 22.7 Å². The smallest absolute Gasteiger partial charge is 0.387 e. The molecule has 4 heterocycles. The number of carbonyl (C=O) groups is 3. The van der Waals surface area contributed by atoms with Crippen LogP contribution >= 0.6 is 11.6 Å². The van der Waals surface area contributed by atoms with Crippen LogP contribution in [0.15, 0.2) is 67.0 Å². The number of ether oxygens (including phenoxy) is 1. The van der Waals surface area contributed by atoms with Crippen molar-refractivity contribution in [3.05, 3.63) is 94.4 Å². The van der Waals surface area contributed by atoms with Gasteiger partial charge in [-0.2, -0.15) is 8.78 Å². The fraction of sp³-hybridized carbons (Fsp3) is 0.324. The zero-order chi connectivity index (χ0) is 35.9. The SMILES string of the molecule is Cc1c(NC(=O)c2ccc(CNC[C@@H]3CCC(=O)N3)cn2)cccc1-c1ccnc(-c2ccc(CNC[C@H]3CCC(=O)N3)c(OC(F)F)c2)c1Cl. The summed E-state index contributed by atoms with van der Waals surface area (Å²) in [6.45, 7) is 0.805. The van der Waals surface area contributed by atoms with Crippen LogP contribution in [-0.4, -0.2) is 59.5 Å². The molecule has 11 nitrogen and oxygen atoms in total. The number of nitrogens with one attached hydrogen (secondary N) is 5. The van der Waals surface area contributed by atoms with Crippen LogP contribution in [0.4, 0.5) is 14.5 Å². The van der Waals surface area contributed by atoms with E-state index in [9.17, 15) is 23.2 Å². The summed E-state index contributed by atoms with van der Waals surface area (Å²) in [4.78, 5) is 44.9. The lowest BCUT2D eigenvalue weighted by Gasteiger charge is -2.17. The Labute approximate surface area is 298 Å². The molecule has 4 aromatic rings. The molecule has 2 aliphatic heterocycles. The highest BCUT2D eigenvalue weighted by atomic mass is 35.5. The Hall–Kier alpha value is -4.98.